The zero-order valence-corrected chi connectivity index (χ0v) is 18.5. The molecule has 1 unspecified atom stereocenters. The van der Waals surface area contributed by atoms with Gasteiger partial charge in [0.25, 0.3) is 17.4 Å². The van der Waals surface area contributed by atoms with Gasteiger partial charge in [0.2, 0.25) is 0 Å². The maximum Gasteiger partial charge on any atom is 0.295 e. The summed E-state index contributed by atoms with van der Waals surface area (Å²) in [5.74, 6) is -1.30. The predicted octanol–water partition coefficient (Wildman–Crippen LogP) is 3.84. The zero-order chi connectivity index (χ0) is 24.0. The molecule has 0 aromatic heterocycles. The Balaban J connectivity index is 2.02. The van der Waals surface area contributed by atoms with Crippen molar-refractivity contribution in [3.8, 4) is 5.75 Å². The molecule has 0 saturated carbocycles. The van der Waals surface area contributed by atoms with Crippen LogP contribution in [0.1, 0.15) is 36.9 Å². The van der Waals surface area contributed by atoms with E-state index in [2.05, 4.69) is 6.92 Å². The van der Waals surface area contributed by atoms with Gasteiger partial charge in [-0.15, -0.1) is 0 Å². The summed E-state index contributed by atoms with van der Waals surface area (Å²) >= 11 is 0. The van der Waals surface area contributed by atoms with Gasteiger partial charge in [-0.2, -0.15) is 0 Å². The lowest BCUT2D eigenvalue weighted by molar-refractivity contribution is -0.384. The average Bonchev–Trinajstić information content (AvgIpc) is 3.07. The summed E-state index contributed by atoms with van der Waals surface area (Å²) in [6.07, 6.45) is 1.93. The third-order valence-electron chi connectivity index (χ3n) is 5.39. The van der Waals surface area contributed by atoms with Crippen LogP contribution >= 0.6 is 0 Å². The van der Waals surface area contributed by atoms with Crippen molar-refractivity contribution in [1.82, 2.24) is 4.90 Å². The van der Waals surface area contributed by atoms with Gasteiger partial charge in [0, 0.05) is 31.4 Å². The molecule has 9 nitrogen and oxygen atoms in total. The van der Waals surface area contributed by atoms with E-state index in [1.165, 1.54) is 36.3 Å². The van der Waals surface area contributed by atoms with Crippen molar-refractivity contribution in [3.63, 3.8) is 0 Å². The molecule has 1 N–H and O–H groups in total. The van der Waals surface area contributed by atoms with Crippen molar-refractivity contribution in [3.05, 3.63) is 75.3 Å². The highest BCUT2D eigenvalue weighted by molar-refractivity contribution is 6.46. The van der Waals surface area contributed by atoms with Crippen LogP contribution in [0.4, 0.5) is 5.69 Å². The van der Waals surface area contributed by atoms with Crippen LogP contribution in [0.15, 0.2) is 54.1 Å². The molecule has 0 radical (unpaired) electrons. The molecule has 1 saturated heterocycles. The van der Waals surface area contributed by atoms with Crippen LogP contribution < -0.4 is 4.74 Å². The lowest BCUT2D eigenvalue weighted by Crippen LogP contribution is -2.32. The van der Waals surface area contributed by atoms with Gasteiger partial charge in [0.15, 0.2) is 0 Å². The highest BCUT2D eigenvalue weighted by Gasteiger charge is 2.45. The Bertz CT molecular complexity index is 1050. The molecule has 0 bridgehead atoms. The number of hydrogen-bond donors (Lipinski definition) is 1. The first-order valence-corrected chi connectivity index (χ1v) is 10.6. The number of nitro groups is 1. The quantitative estimate of drug-likeness (QED) is 0.145. The fourth-order valence-electron chi connectivity index (χ4n) is 3.62. The number of amides is 1. The molecule has 174 valence electrons. The first-order chi connectivity index (χ1) is 15.9. The van der Waals surface area contributed by atoms with Crippen LogP contribution in [-0.2, 0) is 14.3 Å². The molecule has 1 atom stereocenters. The molecule has 2 aromatic carbocycles. The molecule has 1 heterocycles. The molecular formula is C24H26N2O7. The normalized spacial score (nSPS) is 17.4. The van der Waals surface area contributed by atoms with E-state index in [4.69, 9.17) is 9.47 Å². The smallest absolute Gasteiger partial charge is 0.295 e. The Morgan fingerprint density at radius 1 is 1.09 bits per heavy atom. The summed E-state index contributed by atoms with van der Waals surface area (Å²) < 4.78 is 10.8. The molecule has 9 heteroatoms. The number of nitrogens with zero attached hydrogens (tertiary/aromatic N) is 2. The molecular weight excluding hydrogens is 428 g/mol. The van der Waals surface area contributed by atoms with Gasteiger partial charge in [-0.3, -0.25) is 19.7 Å². The van der Waals surface area contributed by atoms with E-state index in [-0.39, 0.29) is 30.0 Å². The summed E-state index contributed by atoms with van der Waals surface area (Å²) in [6.45, 7) is 3.01. The number of rotatable bonds is 10. The zero-order valence-electron chi connectivity index (χ0n) is 18.5. The van der Waals surface area contributed by atoms with Crippen molar-refractivity contribution < 1.29 is 29.1 Å². The van der Waals surface area contributed by atoms with E-state index in [1.807, 2.05) is 0 Å². The molecule has 0 spiro atoms. The van der Waals surface area contributed by atoms with Crippen molar-refractivity contribution >= 4 is 23.1 Å². The number of carbonyl (C=O) groups is 2. The fourth-order valence-corrected chi connectivity index (χ4v) is 3.62. The molecule has 2 aromatic rings. The van der Waals surface area contributed by atoms with E-state index in [1.54, 1.807) is 24.3 Å². The number of Topliss-reactive ketones (excluding diaryl/α,β-unsaturated/α-hetero) is 1. The lowest BCUT2D eigenvalue weighted by Gasteiger charge is -2.25. The van der Waals surface area contributed by atoms with Gasteiger partial charge in [-0.25, -0.2) is 0 Å². The van der Waals surface area contributed by atoms with Crippen LogP contribution in [-0.4, -0.2) is 53.5 Å². The minimum atomic E-state index is -0.833. The third-order valence-corrected chi connectivity index (χ3v) is 5.39. The van der Waals surface area contributed by atoms with Crippen molar-refractivity contribution in [2.24, 2.45) is 0 Å². The minimum Gasteiger partial charge on any atom is -0.507 e. The van der Waals surface area contributed by atoms with E-state index >= 15 is 0 Å². The van der Waals surface area contributed by atoms with Crippen LogP contribution in [0.5, 0.6) is 5.75 Å². The van der Waals surface area contributed by atoms with Crippen LogP contribution in [0.2, 0.25) is 0 Å². The predicted molar refractivity (Wildman–Crippen MR) is 121 cm³/mol. The maximum absolute atomic E-state index is 12.9. The van der Waals surface area contributed by atoms with Gasteiger partial charge in [0.1, 0.15) is 11.5 Å². The van der Waals surface area contributed by atoms with Gasteiger partial charge in [0.05, 0.1) is 29.8 Å². The second-order valence-electron chi connectivity index (χ2n) is 7.56. The Labute approximate surface area is 191 Å². The standard InChI is InChI=1S/C24H26N2O7/c1-3-4-14-33-19-11-7-16(8-12-19)21-20(23(28)24(29)25(21)13-15-32-2)22(27)17-5-9-18(10-6-17)26(30)31/h5-12,21,27H,3-4,13-15H2,1-2H3/b22-20-. The second kappa shape index (κ2) is 10.7. The van der Waals surface area contributed by atoms with E-state index in [0.717, 1.165) is 12.8 Å². The third kappa shape index (κ3) is 5.20. The van der Waals surface area contributed by atoms with E-state index in [9.17, 15) is 24.8 Å². The summed E-state index contributed by atoms with van der Waals surface area (Å²) in [7, 11) is 1.49. The summed E-state index contributed by atoms with van der Waals surface area (Å²) in [5, 5.41) is 21.9. The van der Waals surface area contributed by atoms with Crippen LogP contribution in [0.25, 0.3) is 5.76 Å². The largest absolute Gasteiger partial charge is 0.507 e. The SMILES string of the molecule is CCCCOc1ccc(C2/C(=C(/O)c3ccc([N+](=O)[O-])cc3)C(=O)C(=O)N2CCOC)cc1. The topological polar surface area (TPSA) is 119 Å². The van der Waals surface area contributed by atoms with Crippen LogP contribution in [0.3, 0.4) is 0 Å². The number of non-ortho nitro benzene ring substituents is 1. The summed E-state index contributed by atoms with van der Waals surface area (Å²) in [6, 6.07) is 11.3. The van der Waals surface area contributed by atoms with E-state index in [0.29, 0.717) is 17.9 Å². The Morgan fingerprint density at radius 3 is 2.33 bits per heavy atom. The van der Waals surface area contributed by atoms with Gasteiger partial charge >= 0.3 is 0 Å². The van der Waals surface area contributed by atoms with Crippen molar-refractivity contribution in [2.75, 3.05) is 26.9 Å². The Hall–Kier alpha value is -3.72. The first-order valence-electron chi connectivity index (χ1n) is 10.6. The van der Waals surface area contributed by atoms with Gasteiger partial charge in [-0.1, -0.05) is 25.5 Å². The lowest BCUT2D eigenvalue weighted by atomic mass is 9.95. The molecule has 1 fully saturated rings. The summed E-state index contributed by atoms with van der Waals surface area (Å²) in [4.78, 5) is 37.4. The molecule has 1 aliphatic heterocycles. The number of unbranched alkanes of at least 4 members (excludes halogenated alkanes) is 1. The van der Waals surface area contributed by atoms with E-state index < -0.39 is 28.4 Å². The van der Waals surface area contributed by atoms with Gasteiger partial charge < -0.3 is 19.5 Å². The molecule has 0 aliphatic carbocycles. The number of methoxy groups -OCH3 is 1. The average molecular weight is 454 g/mol. The Morgan fingerprint density at radius 2 is 1.76 bits per heavy atom. The minimum absolute atomic E-state index is 0.0791. The monoisotopic (exact) mass is 454 g/mol. The highest BCUT2D eigenvalue weighted by Crippen LogP contribution is 2.39. The molecule has 1 amide bonds. The number of aliphatic hydroxyl groups is 1. The second-order valence-corrected chi connectivity index (χ2v) is 7.56. The Kier molecular flexibility index (Phi) is 7.78. The number of ether oxygens (including phenoxy) is 2. The highest BCUT2D eigenvalue weighted by atomic mass is 16.6. The van der Waals surface area contributed by atoms with Crippen LogP contribution in [0, 0.1) is 10.1 Å². The fraction of sp³-hybridized carbons (Fsp3) is 0.333. The number of likely N-dealkylation sites (tertiary alicyclic amines) is 1. The molecule has 33 heavy (non-hydrogen) atoms. The number of aliphatic hydroxyl groups excluding tert-OH is 1. The number of carbonyl (C=O) groups excluding carboxylic acids is 2. The number of benzene rings is 2. The molecule has 3 rings (SSSR count). The first kappa shape index (κ1) is 23.9. The summed E-state index contributed by atoms with van der Waals surface area (Å²) in [5.41, 5.74) is 0.596. The van der Waals surface area contributed by atoms with Crippen molar-refractivity contribution in [2.45, 2.75) is 25.8 Å². The van der Waals surface area contributed by atoms with Gasteiger partial charge in [-0.05, 0) is 36.2 Å². The van der Waals surface area contributed by atoms with Crippen molar-refractivity contribution in [1.29, 1.82) is 0 Å². The maximum atomic E-state index is 12.9. The number of ketones is 1. The number of nitro benzene ring substituents is 1. The number of hydrogen-bond acceptors (Lipinski definition) is 7. The molecule has 1 aliphatic rings.